The average molecular weight is 294 g/mol. The fourth-order valence-corrected chi connectivity index (χ4v) is 2.38. The predicted molar refractivity (Wildman–Crippen MR) is 80.0 cm³/mol. The van der Waals surface area contributed by atoms with Gasteiger partial charge in [-0.15, -0.1) is 0 Å². The molecule has 5 heteroatoms. The largest absolute Gasteiger partial charge is 0.494 e. The van der Waals surface area contributed by atoms with E-state index in [4.69, 9.17) is 4.74 Å². The number of rotatable bonds is 6. The highest BCUT2D eigenvalue weighted by Gasteiger charge is 2.32. The average Bonchev–Trinajstić information content (AvgIpc) is 3.32. The van der Waals surface area contributed by atoms with Crippen molar-refractivity contribution in [3.63, 3.8) is 0 Å². The van der Waals surface area contributed by atoms with Crippen LogP contribution in [-0.4, -0.2) is 37.7 Å². The summed E-state index contributed by atoms with van der Waals surface area (Å²) in [6, 6.07) is 5.00. The smallest absolute Gasteiger partial charge is 0.317 e. The minimum Gasteiger partial charge on any atom is -0.494 e. The molecular weight excluding hydrogens is 271 g/mol. The van der Waals surface area contributed by atoms with Gasteiger partial charge in [0.05, 0.1) is 7.11 Å². The molecule has 0 aliphatic heterocycles. The molecule has 116 valence electrons. The molecule has 1 fully saturated rings. The van der Waals surface area contributed by atoms with E-state index in [2.05, 4.69) is 12.2 Å². The van der Waals surface area contributed by atoms with Crippen molar-refractivity contribution in [3.05, 3.63) is 29.6 Å². The highest BCUT2D eigenvalue weighted by Crippen LogP contribution is 2.34. The Morgan fingerprint density at radius 3 is 2.86 bits per heavy atom. The molecule has 1 aliphatic carbocycles. The number of hydrogen-bond acceptors (Lipinski definition) is 2. The summed E-state index contributed by atoms with van der Waals surface area (Å²) in [4.78, 5) is 13.8. The zero-order chi connectivity index (χ0) is 15.4. The maximum Gasteiger partial charge on any atom is 0.317 e. The molecule has 1 atom stereocenters. The first kappa shape index (κ1) is 15.6. The molecule has 0 aromatic heterocycles. The maximum absolute atomic E-state index is 13.3. The van der Waals surface area contributed by atoms with Gasteiger partial charge in [0.15, 0.2) is 11.6 Å². The van der Waals surface area contributed by atoms with Crippen molar-refractivity contribution in [2.75, 3.05) is 20.7 Å². The van der Waals surface area contributed by atoms with Gasteiger partial charge in [-0.05, 0) is 49.8 Å². The number of ether oxygens (including phenoxy) is 1. The van der Waals surface area contributed by atoms with Gasteiger partial charge in [-0.1, -0.05) is 6.07 Å². The summed E-state index contributed by atoms with van der Waals surface area (Å²) in [6.07, 6.45) is 3.08. The van der Waals surface area contributed by atoms with E-state index in [0.717, 1.165) is 5.56 Å². The van der Waals surface area contributed by atoms with E-state index in [1.54, 1.807) is 17.0 Å². The Balaban J connectivity index is 1.79. The van der Waals surface area contributed by atoms with Crippen molar-refractivity contribution in [2.24, 2.45) is 5.92 Å². The SMILES string of the molecule is COc1cc(CCNC(=O)N(C)C(C)C2CC2)ccc1F. The topological polar surface area (TPSA) is 41.6 Å². The van der Waals surface area contributed by atoms with E-state index in [9.17, 15) is 9.18 Å². The molecule has 0 bridgehead atoms. The summed E-state index contributed by atoms with van der Waals surface area (Å²) in [7, 11) is 3.28. The van der Waals surface area contributed by atoms with Crippen LogP contribution in [0.4, 0.5) is 9.18 Å². The first-order chi connectivity index (χ1) is 10.0. The standard InChI is InChI=1S/C16H23FN2O2/c1-11(13-5-6-13)19(2)16(20)18-9-8-12-4-7-14(17)15(10-12)21-3/h4,7,10-11,13H,5-6,8-9H2,1-3H3,(H,18,20). The molecule has 0 spiro atoms. The second-order valence-corrected chi connectivity index (χ2v) is 5.64. The number of nitrogens with zero attached hydrogens (tertiary/aromatic N) is 1. The van der Waals surface area contributed by atoms with Crippen molar-refractivity contribution in [3.8, 4) is 5.75 Å². The van der Waals surface area contributed by atoms with Gasteiger partial charge in [0, 0.05) is 19.6 Å². The minimum atomic E-state index is -0.372. The second kappa shape index (κ2) is 6.78. The van der Waals surface area contributed by atoms with E-state index in [-0.39, 0.29) is 23.6 Å². The first-order valence-corrected chi connectivity index (χ1v) is 7.36. The quantitative estimate of drug-likeness (QED) is 0.876. The van der Waals surface area contributed by atoms with E-state index in [1.165, 1.54) is 26.0 Å². The van der Waals surface area contributed by atoms with Crippen molar-refractivity contribution < 1.29 is 13.9 Å². The highest BCUT2D eigenvalue weighted by atomic mass is 19.1. The summed E-state index contributed by atoms with van der Waals surface area (Å²) < 4.78 is 18.2. The lowest BCUT2D eigenvalue weighted by Gasteiger charge is -2.25. The summed E-state index contributed by atoms with van der Waals surface area (Å²) in [5.41, 5.74) is 0.937. The van der Waals surface area contributed by atoms with Crippen LogP contribution in [0.5, 0.6) is 5.75 Å². The summed E-state index contributed by atoms with van der Waals surface area (Å²) in [5.74, 6) is 0.517. The van der Waals surface area contributed by atoms with Gasteiger partial charge in [0.25, 0.3) is 0 Å². The molecule has 1 aromatic carbocycles. The Kier molecular flexibility index (Phi) is 5.04. The van der Waals surface area contributed by atoms with Gasteiger partial charge >= 0.3 is 6.03 Å². The minimum absolute atomic E-state index is 0.0523. The lowest BCUT2D eigenvalue weighted by molar-refractivity contribution is 0.188. The van der Waals surface area contributed by atoms with Crippen molar-refractivity contribution >= 4 is 6.03 Å². The van der Waals surface area contributed by atoms with Crippen molar-refractivity contribution in [2.45, 2.75) is 32.2 Å². The molecule has 2 rings (SSSR count). The van der Waals surface area contributed by atoms with E-state index in [0.29, 0.717) is 18.9 Å². The third-order valence-electron chi connectivity index (χ3n) is 4.14. The fourth-order valence-electron chi connectivity index (χ4n) is 2.38. The molecule has 1 unspecified atom stereocenters. The molecular formula is C16H23FN2O2. The van der Waals surface area contributed by atoms with Crippen LogP contribution in [0.15, 0.2) is 18.2 Å². The monoisotopic (exact) mass is 294 g/mol. The zero-order valence-electron chi connectivity index (χ0n) is 12.9. The van der Waals surface area contributed by atoms with Gasteiger partial charge in [-0.3, -0.25) is 0 Å². The molecule has 0 heterocycles. The highest BCUT2D eigenvalue weighted by molar-refractivity contribution is 5.74. The number of carbonyl (C=O) groups is 1. The number of amides is 2. The van der Waals surface area contributed by atoms with Crippen LogP contribution < -0.4 is 10.1 Å². The number of methoxy groups -OCH3 is 1. The van der Waals surface area contributed by atoms with Crippen LogP contribution in [0, 0.1) is 11.7 Å². The van der Waals surface area contributed by atoms with Gasteiger partial charge in [0.2, 0.25) is 0 Å². The third kappa shape index (κ3) is 4.09. The van der Waals surface area contributed by atoms with E-state index < -0.39 is 0 Å². The lowest BCUT2D eigenvalue weighted by Crippen LogP contribution is -2.43. The zero-order valence-corrected chi connectivity index (χ0v) is 12.9. The number of carbonyl (C=O) groups excluding carboxylic acids is 1. The normalized spacial score (nSPS) is 15.4. The molecule has 4 nitrogen and oxygen atoms in total. The Hall–Kier alpha value is -1.78. The molecule has 1 aliphatic rings. The van der Waals surface area contributed by atoms with Gasteiger partial charge in [-0.25, -0.2) is 9.18 Å². The molecule has 1 saturated carbocycles. The van der Waals surface area contributed by atoms with Crippen LogP contribution in [0.1, 0.15) is 25.3 Å². The summed E-state index contributed by atoms with van der Waals surface area (Å²) >= 11 is 0. The van der Waals surface area contributed by atoms with Gasteiger partial charge in [0.1, 0.15) is 0 Å². The van der Waals surface area contributed by atoms with Crippen molar-refractivity contribution in [1.82, 2.24) is 10.2 Å². The summed E-state index contributed by atoms with van der Waals surface area (Å²) in [5, 5.41) is 2.90. The first-order valence-electron chi connectivity index (χ1n) is 7.36. The van der Waals surface area contributed by atoms with Crippen LogP contribution in [0.25, 0.3) is 0 Å². The molecule has 2 amide bonds. The Morgan fingerprint density at radius 2 is 2.24 bits per heavy atom. The van der Waals surface area contributed by atoms with E-state index in [1.807, 2.05) is 7.05 Å². The fraction of sp³-hybridized carbons (Fsp3) is 0.562. The van der Waals surface area contributed by atoms with Crippen LogP contribution in [-0.2, 0) is 6.42 Å². The Morgan fingerprint density at radius 1 is 1.52 bits per heavy atom. The van der Waals surface area contributed by atoms with E-state index >= 15 is 0 Å². The maximum atomic E-state index is 13.3. The second-order valence-electron chi connectivity index (χ2n) is 5.64. The number of nitrogens with one attached hydrogen (secondary N) is 1. The number of hydrogen-bond donors (Lipinski definition) is 1. The van der Waals surface area contributed by atoms with Crippen LogP contribution in [0.3, 0.4) is 0 Å². The van der Waals surface area contributed by atoms with Crippen molar-refractivity contribution in [1.29, 1.82) is 0 Å². The molecule has 21 heavy (non-hydrogen) atoms. The number of urea groups is 1. The summed E-state index contributed by atoms with van der Waals surface area (Å²) in [6.45, 7) is 2.61. The number of halogens is 1. The Labute approximate surface area is 125 Å². The van der Waals surface area contributed by atoms with Crippen LogP contribution >= 0.6 is 0 Å². The molecule has 0 saturated heterocycles. The molecule has 1 aromatic rings. The van der Waals surface area contributed by atoms with Gasteiger partial charge in [-0.2, -0.15) is 0 Å². The van der Waals surface area contributed by atoms with Crippen LogP contribution in [0.2, 0.25) is 0 Å². The number of benzene rings is 1. The lowest BCUT2D eigenvalue weighted by atomic mass is 10.1. The Bertz CT molecular complexity index is 503. The van der Waals surface area contributed by atoms with Gasteiger partial charge < -0.3 is 15.0 Å². The molecule has 1 N–H and O–H groups in total. The third-order valence-corrected chi connectivity index (χ3v) is 4.14. The molecule has 0 radical (unpaired) electrons. The predicted octanol–water partition coefficient (Wildman–Crippen LogP) is 2.82.